The molecule has 14 heavy (non-hydrogen) atoms. The first kappa shape index (κ1) is 12.2. The number of carbonyl (C=O) groups excluding carboxylic acids is 2. The number of nitrogens with zero attached hydrogens (tertiary/aromatic N) is 1. The van der Waals surface area contributed by atoms with Crippen LogP contribution in [0.25, 0.3) is 0 Å². The van der Waals surface area contributed by atoms with Crippen LogP contribution in [0.3, 0.4) is 0 Å². The highest BCUT2D eigenvalue weighted by Crippen LogP contribution is 2.09. The number of hydrogen-bond donors (Lipinski definition) is 3. The van der Waals surface area contributed by atoms with E-state index in [4.69, 9.17) is 21.6 Å². The lowest BCUT2D eigenvalue weighted by Crippen LogP contribution is -2.50. The number of amides is 3. The number of carbonyl (C=O) groups is 2. The van der Waals surface area contributed by atoms with Crippen LogP contribution in [0.15, 0.2) is 0 Å². The predicted molar refractivity (Wildman–Crippen MR) is 49.6 cm³/mol. The number of nitrogens with one attached hydrogen (secondary N) is 1. The summed E-state index contributed by atoms with van der Waals surface area (Å²) in [4.78, 5) is 22.2. The zero-order valence-electron chi connectivity index (χ0n) is 8.33. The first-order valence-electron chi connectivity index (χ1n) is 3.81. The van der Waals surface area contributed by atoms with E-state index in [1.165, 1.54) is 0 Å². The molecule has 0 aliphatic carbocycles. The van der Waals surface area contributed by atoms with E-state index in [9.17, 15) is 9.59 Å². The molecule has 0 radical (unpaired) electrons. The summed E-state index contributed by atoms with van der Waals surface area (Å²) in [5.41, 5.74) is 9.01. The summed E-state index contributed by atoms with van der Waals surface area (Å²) in [6.45, 7) is 4.85. The molecule has 0 spiro atoms. The molecular weight excluding hydrogens is 188 g/mol. The number of nitrogens with two attached hydrogens (primary N) is 2. The molecule has 80 valence electrons. The number of hydrogen-bond acceptors (Lipinski definition) is 4. The van der Waals surface area contributed by atoms with Gasteiger partial charge in [-0.25, -0.2) is 9.59 Å². The Morgan fingerprint density at radius 2 is 1.71 bits per heavy atom. The predicted octanol–water partition coefficient (Wildman–Crippen LogP) is 0.196. The Morgan fingerprint density at radius 3 is 1.93 bits per heavy atom. The van der Waals surface area contributed by atoms with E-state index in [1.807, 2.05) is 0 Å². The van der Waals surface area contributed by atoms with E-state index in [0.717, 1.165) is 0 Å². The maximum absolute atomic E-state index is 11.2. The van der Waals surface area contributed by atoms with Crippen LogP contribution in [0.5, 0.6) is 0 Å². The van der Waals surface area contributed by atoms with Gasteiger partial charge in [-0.1, -0.05) is 0 Å². The van der Waals surface area contributed by atoms with Gasteiger partial charge in [-0.15, -0.1) is 0 Å². The van der Waals surface area contributed by atoms with Crippen LogP contribution in [0.1, 0.15) is 20.8 Å². The molecule has 3 amide bonds. The van der Waals surface area contributed by atoms with Gasteiger partial charge < -0.3 is 16.2 Å². The van der Waals surface area contributed by atoms with Gasteiger partial charge in [0.25, 0.3) is 0 Å². The van der Waals surface area contributed by atoms with Gasteiger partial charge in [0.15, 0.2) is 0 Å². The molecule has 0 aliphatic rings. The van der Waals surface area contributed by atoms with Crippen molar-refractivity contribution in [1.29, 1.82) is 5.41 Å². The first-order chi connectivity index (χ1) is 6.15. The molecule has 0 bridgehead atoms. The molecule has 0 heterocycles. The summed E-state index contributed by atoms with van der Waals surface area (Å²) >= 11 is 0. The molecule has 0 saturated heterocycles. The second-order valence-electron chi connectivity index (χ2n) is 3.54. The van der Waals surface area contributed by atoms with E-state index in [-0.39, 0.29) is 4.90 Å². The van der Waals surface area contributed by atoms with Crippen molar-refractivity contribution in [3.63, 3.8) is 0 Å². The maximum Gasteiger partial charge on any atom is 0.425 e. The van der Waals surface area contributed by atoms with Gasteiger partial charge in [-0.2, -0.15) is 4.90 Å². The normalized spacial score (nSPS) is 10.5. The largest absolute Gasteiger partial charge is 0.443 e. The van der Waals surface area contributed by atoms with Crippen molar-refractivity contribution in [2.24, 2.45) is 11.5 Å². The molecular formula is C7H14N4O3. The maximum atomic E-state index is 11.2. The van der Waals surface area contributed by atoms with E-state index in [0.29, 0.717) is 0 Å². The van der Waals surface area contributed by atoms with Crippen molar-refractivity contribution >= 4 is 18.1 Å². The molecule has 0 fully saturated rings. The summed E-state index contributed by atoms with van der Waals surface area (Å²) in [5.74, 6) is -0.772. The van der Waals surface area contributed by atoms with Crippen LogP contribution < -0.4 is 11.5 Å². The third kappa shape index (κ3) is 3.74. The van der Waals surface area contributed by atoms with Crippen LogP contribution in [0.2, 0.25) is 0 Å². The molecule has 7 nitrogen and oxygen atoms in total. The van der Waals surface area contributed by atoms with Gasteiger partial charge >= 0.3 is 12.1 Å². The summed E-state index contributed by atoms with van der Waals surface area (Å²) in [5, 5.41) is 6.92. The molecule has 7 heteroatoms. The fraction of sp³-hybridized carbons (Fsp3) is 0.571. The van der Waals surface area contributed by atoms with Gasteiger partial charge in [0.1, 0.15) is 5.60 Å². The Labute approximate surface area is 81.5 Å². The number of ether oxygens (including phenoxy) is 1. The standard InChI is InChI=1S/C7H14N4O3/c1-7(2,3)14-6(13)11(4(8)9)5(10)12/h1-3H3,(H3,8,9)(H2,10,12). The average Bonchev–Trinajstić information content (AvgIpc) is 1.78. The summed E-state index contributed by atoms with van der Waals surface area (Å²) in [7, 11) is 0. The highest BCUT2D eigenvalue weighted by Gasteiger charge is 2.27. The number of rotatable bonds is 0. The summed E-state index contributed by atoms with van der Waals surface area (Å²) in [6, 6.07) is -1.15. The number of urea groups is 1. The molecule has 0 atom stereocenters. The molecule has 0 aromatic rings. The first-order valence-corrected chi connectivity index (χ1v) is 3.81. The number of guanidine groups is 1. The Bertz CT molecular complexity index is 255. The number of primary amides is 1. The minimum absolute atomic E-state index is 0.241. The lowest BCUT2D eigenvalue weighted by atomic mass is 10.2. The number of imide groups is 1. The quantitative estimate of drug-likeness (QED) is 0.383. The lowest BCUT2D eigenvalue weighted by Gasteiger charge is -2.23. The van der Waals surface area contributed by atoms with Crippen LogP contribution in [0, 0.1) is 5.41 Å². The molecule has 0 saturated carbocycles. The Hall–Kier alpha value is -1.79. The van der Waals surface area contributed by atoms with E-state index in [1.54, 1.807) is 20.8 Å². The van der Waals surface area contributed by atoms with Gasteiger partial charge in [0, 0.05) is 0 Å². The molecule has 0 unspecified atom stereocenters. The van der Waals surface area contributed by atoms with Gasteiger partial charge in [0.2, 0.25) is 5.96 Å². The van der Waals surface area contributed by atoms with Crippen LogP contribution in [-0.2, 0) is 4.74 Å². The topological polar surface area (TPSA) is 122 Å². The van der Waals surface area contributed by atoms with E-state index in [2.05, 4.69) is 0 Å². The minimum Gasteiger partial charge on any atom is -0.443 e. The molecule has 0 aliphatic heterocycles. The Morgan fingerprint density at radius 1 is 1.29 bits per heavy atom. The summed E-state index contributed by atoms with van der Waals surface area (Å²) < 4.78 is 4.79. The Kier molecular flexibility index (Phi) is 3.44. The monoisotopic (exact) mass is 202 g/mol. The smallest absolute Gasteiger partial charge is 0.425 e. The van der Waals surface area contributed by atoms with E-state index >= 15 is 0 Å². The fourth-order valence-corrected chi connectivity index (χ4v) is 0.615. The van der Waals surface area contributed by atoms with Gasteiger partial charge in [-0.3, -0.25) is 5.41 Å². The zero-order chi connectivity index (χ0) is 11.5. The minimum atomic E-state index is -1.15. The van der Waals surface area contributed by atoms with Gasteiger partial charge in [0.05, 0.1) is 0 Å². The van der Waals surface area contributed by atoms with E-state index < -0.39 is 23.7 Å². The highest BCUT2D eigenvalue weighted by atomic mass is 16.6. The molecule has 5 N–H and O–H groups in total. The van der Waals surface area contributed by atoms with Crippen LogP contribution in [-0.4, -0.2) is 28.6 Å². The van der Waals surface area contributed by atoms with Crippen molar-refractivity contribution in [3.05, 3.63) is 0 Å². The van der Waals surface area contributed by atoms with Crippen molar-refractivity contribution in [1.82, 2.24) is 4.90 Å². The summed E-state index contributed by atoms with van der Waals surface area (Å²) in [6.07, 6.45) is -1.06. The van der Waals surface area contributed by atoms with Crippen molar-refractivity contribution < 1.29 is 14.3 Å². The molecule has 0 aromatic carbocycles. The molecule has 0 aromatic heterocycles. The zero-order valence-corrected chi connectivity index (χ0v) is 8.33. The van der Waals surface area contributed by atoms with Crippen molar-refractivity contribution in [3.8, 4) is 0 Å². The van der Waals surface area contributed by atoms with Crippen molar-refractivity contribution in [2.45, 2.75) is 26.4 Å². The van der Waals surface area contributed by atoms with Crippen LogP contribution in [0.4, 0.5) is 9.59 Å². The van der Waals surface area contributed by atoms with Crippen LogP contribution >= 0.6 is 0 Å². The third-order valence-electron chi connectivity index (χ3n) is 1.04. The lowest BCUT2D eigenvalue weighted by molar-refractivity contribution is 0.0419. The third-order valence-corrected chi connectivity index (χ3v) is 1.04. The molecule has 0 rings (SSSR count). The second-order valence-corrected chi connectivity index (χ2v) is 3.54. The van der Waals surface area contributed by atoms with Gasteiger partial charge in [-0.05, 0) is 20.8 Å². The fourth-order valence-electron chi connectivity index (χ4n) is 0.615. The second kappa shape index (κ2) is 3.95. The Balaban J connectivity index is 4.63. The van der Waals surface area contributed by atoms with Crippen molar-refractivity contribution in [2.75, 3.05) is 0 Å². The highest BCUT2D eigenvalue weighted by molar-refractivity contribution is 6.07. The SMILES string of the molecule is CC(C)(C)OC(=O)N(C(=N)N)C(N)=O. The average molecular weight is 202 g/mol.